The molecule has 0 saturated heterocycles. The van der Waals surface area contributed by atoms with E-state index < -0.39 is 16.2 Å². The SMILES string of the molecule is CCCC(CC[CH2][Ga]([CH3])[CH3])N(CC)CC. The predicted molar refractivity (Wildman–Crippen MR) is 73.1 cm³/mol. The number of hydrogen-bond acceptors (Lipinski definition) is 1. The molecule has 0 aromatic rings. The Hall–Kier alpha value is 0.596. The number of rotatable bonds is 9. The van der Waals surface area contributed by atoms with E-state index in [1.165, 1.54) is 38.8 Å². The molecular formula is C13H30GaN. The van der Waals surface area contributed by atoms with Gasteiger partial charge in [0.2, 0.25) is 0 Å². The summed E-state index contributed by atoms with van der Waals surface area (Å²) >= 11 is -0.731. The Bertz CT molecular complexity index is 132. The maximum atomic E-state index is 2.65. The van der Waals surface area contributed by atoms with Gasteiger partial charge in [0, 0.05) is 0 Å². The Morgan fingerprint density at radius 2 is 1.60 bits per heavy atom. The van der Waals surface area contributed by atoms with Crippen molar-refractivity contribution in [1.29, 1.82) is 0 Å². The van der Waals surface area contributed by atoms with Crippen LogP contribution in [0.25, 0.3) is 0 Å². The zero-order chi connectivity index (χ0) is 11.7. The Morgan fingerprint density at radius 1 is 1.00 bits per heavy atom. The van der Waals surface area contributed by atoms with Gasteiger partial charge in [-0.1, -0.05) is 0 Å². The van der Waals surface area contributed by atoms with Crippen molar-refractivity contribution >= 4 is 16.2 Å². The molecule has 0 rings (SSSR count). The summed E-state index contributed by atoms with van der Waals surface area (Å²) in [6.45, 7) is 9.37. The molecule has 1 atom stereocenters. The van der Waals surface area contributed by atoms with Crippen molar-refractivity contribution in [1.82, 2.24) is 4.90 Å². The van der Waals surface area contributed by atoms with E-state index >= 15 is 0 Å². The summed E-state index contributed by atoms with van der Waals surface area (Å²) < 4.78 is 0. The van der Waals surface area contributed by atoms with Crippen LogP contribution in [0.1, 0.15) is 46.5 Å². The van der Waals surface area contributed by atoms with E-state index in [9.17, 15) is 0 Å². The van der Waals surface area contributed by atoms with Crippen LogP contribution in [-0.2, 0) is 0 Å². The third kappa shape index (κ3) is 7.48. The Morgan fingerprint density at radius 3 is 2.00 bits per heavy atom. The van der Waals surface area contributed by atoms with E-state index in [0.717, 1.165) is 6.04 Å². The summed E-state index contributed by atoms with van der Waals surface area (Å²) in [6, 6.07) is 0.867. The predicted octanol–water partition coefficient (Wildman–Crippen LogP) is 4.03. The van der Waals surface area contributed by atoms with Crippen LogP contribution in [0.2, 0.25) is 15.9 Å². The van der Waals surface area contributed by atoms with Crippen molar-refractivity contribution in [2.45, 2.75) is 68.4 Å². The van der Waals surface area contributed by atoms with E-state index in [-0.39, 0.29) is 0 Å². The van der Waals surface area contributed by atoms with Gasteiger partial charge in [0.15, 0.2) is 0 Å². The summed E-state index contributed by atoms with van der Waals surface area (Å²) in [5.74, 6) is 0. The van der Waals surface area contributed by atoms with Crippen LogP contribution >= 0.6 is 0 Å². The fraction of sp³-hybridized carbons (Fsp3) is 1.00. The molecule has 0 aliphatic heterocycles. The zero-order valence-corrected chi connectivity index (χ0v) is 14.0. The van der Waals surface area contributed by atoms with Crippen LogP contribution in [-0.4, -0.2) is 40.2 Å². The number of hydrogen-bond donors (Lipinski definition) is 0. The van der Waals surface area contributed by atoms with Gasteiger partial charge in [0.1, 0.15) is 0 Å². The Balaban J connectivity index is 3.91. The average Bonchev–Trinajstić information content (AvgIpc) is 2.19. The van der Waals surface area contributed by atoms with Crippen molar-refractivity contribution in [3.8, 4) is 0 Å². The van der Waals surface area contributed by atoms with Gasteiger partial charge in [-0.05, 0) is 0 Å². The first kappa shape index (κ1) is 15.6. The molecule has 0 radical (unpaired) electrons. The molecule has 2 heteroatoms. The molecule has 0 saturated carbocycles. The normalized spacial score (nSPS) is 13.2. The second-order valence-corrected chi connectivity index (χ2v) is 12.0. The number of nitrogens with zero attached hydrogens (tertiary/aromatic N) is 1. The van der Waals surface area contributed by atoms with Gasteiger partial charge >= 0.3 is 103 Å². The van der Waals surface area contributed by atoms with E-state index in [1.807, 2.05) is 0 Å². The summed E-state index contributed by atoms with van der Waals surface area (Å²) in [5, 5.41) is 0. The third-order valence-corrected chi connectivity index (χ3v) is 6.55. The minimum atomic E-state index is -0.731. The minimum absolute atomic E-state index is 0.731. The molecule has 0 aromatic carbocycles. The molecule has 0 N–H and O–H groups in total. The monoisotopic (exact) mass is 269 g/mol. The fourth-order valence-electron chi connectivity index (χ4n) is 2.34. The summed E-state index contributed by atoms with van der Waals surface area (Å²) in [7, 11) is 0. The van der Waals surface area contributed by atoms with Gasteiger partial charge in [0.05, 0.1) is 0 Å². The van der Waals surface area contributed by atoms with Crippen molar-refractivity contribution in [3.63, 3.8) is 0 Å². The van der Waals surface area contributed by atoms with Gasteiger partial charge in [-0.2, -0.15) is 0 Å². The van der Waals surface area contributed by atoms with Crippen LogP contribution in [0.4, 0.5) is 0 Å². The topological polar surface area (TPSA) is 3.24 Å². The second kappa shape index (κ2) is 9.80. The molecular weight excluding hydrogens is 240 g/mol. The molecule has 15 heavy (non-hydrogen) atoms. The molecule has 0 amide bonds. The van der Waals surface area contributed by atoms with Crippen molar-refractivity contribution in [2.75, 3.05) is 13.1 Å². The summed E-state index contributed by atoms with van der Waals surface area (Å²) in [4.78, 5) is 4.23. The zero-order valence-electron chi connectivity index (χ0n) is 11.6. The molecule has 0 heterocycles. The molecule has 1 unspecified atom stereocenters. The first-order valence-electron chi connectivity index (χ1n) is 6.89. The molecule has 0 aliphatic carbocycles. The van der Waals surface area contributed by atoms with Crippen molar-refractivity contribution in [2.24, 2.45) is 0 Å². The summed E-state index contributed by atoms with van der Waals surface area (Å²) in [5.41, 5.74) is 5.03. The van der Waals surface area contributed by atoms with Gasteiger partial charge in [0.25, 0.3) is 0 Å². The third-order valence-electron chi connectivity index (χ3n) is 3.27. The van der Waals surface area contributed by atoms with E-state index in [4.69, 9.17) is 0 Å². The van der Waals surface area contributed by atoms with E-state index in [1.54, 1.807) is 4.98 Å². The van der Waals surface area contributed by atoms with Crippen LogP contribution in [0, 0.1) is 0 Å². The van der Waals surface area contributed by atoms with Crippen molar-refractivity contribution < 1.29 is 0 Å². The van der Waals surface area contributed by atoms with Gasteiger partial charge < -0.3 is 0 Å². The van der Waals surface area contributed by atoms with Crippen molar-refractivity contribution in [3.05, 3.63) is 0 Å². The second-order valence-electron chi connectivity index (χ2n) is 4.99. The quantitative estimate of drug-likeness (QED) is 0.572. The average molecular weight is 270 g/mol. The summed E-state index contributed by atoms with van der Waals surface area (Å²) in [6.07, 6.45) is 5.66. The van der Waals surface area contributed by atoms with Crippen LogP contribution in [0.15, 0.2) is 0 Å². The first-order valence-corrected chi connectivity index (χ1v) is 13.4. The fourth-order valence-corrected chi connectivity index (χ4v) is 4.55. The van der Waals surface area contributed by atoms with Crippen LogP contribution in [0.3, 0.4) is 0 Å². The molecule has 0 aromatic heterocycles. The molecule has 0 bridgehead atoms. The Kier molecular flexibility index (Phi) is 10.2. The van der Waals surface area contributed by atoms with E-state index in [0.29, 0.717) is 0 Å². The Labute approximate surface area is 103 Å². The van der Waals surface area contributed by atoms with Crippen LogP contribution in [0.5, 0.6) is 0 Å². The van der Waals surface area contributed by atoms with Gasteiger partial charge in [-0.15, -0.1) is 0 Å². The molecule has 0 fully saturated rings. The van der Waals surface area contributed by atoms with E-state index in [2.05, 4.69) is 36.6 Å². The molecule has 0 spiro atoms. The maximum absolute atomic E-state index is 2.65. The van der Waals surface area contributed by atoms with Gasteiger partial charge in [-0.25, -0.2) is 0 Å². The molecule has 1 nitrogen and oxygen atoms in total. The molecule has 90 valence electrons. The van der Waals surface area contributed by atoms with Crippen LogP contribution < -0.4 is 0 Å². The first-order chi connectivity index (χ1) is 7.15. The van der Waals surface area contributed by atoms with Gasteiger partial charge in [-0.3, -0.25) is 0 Å². The standard InChI is InChI=1S/C11H24N.2CH3.Ga/c1-5-9-11(10-6-2)12(7-3)8-4;;;/h11H,1,5-10H2,2-4H3;2*1H3;. The molecule has 0 aliphatic rings.